The number of hydrogen-bond acceptors (Lipinski definition) is 0. The third-order valence-corrected chi connectivity index (χ3v) is 20.2. The molecule has 0 fully saturated rings. The van der Waals surface area contributed by atoms with Gasteiger partial charge in [0.15, 0.2) is 0 Å². The first-order valence-electron chi connectivity index (χ1n) is 3.50. The second kappa shape index (κ2) is 4.48. The molecule has 4 heteroatoms. The molecule has 10 heavy (non-hydrogen) atoms. The standard InChI is InChI=1S/C6H19PSi2.Li.H/c1-8(2,3)7-9(4,5)6;;/h7H,1-6H3;;/q;+1;-1. The largest absolute Gasteiger partial charge is 1.00 e. The Morgan fingerprint density at radius 2 is 1.00 bits per heavy atom. The van der Waals surface area contributed by atoms with Gasteiger partial charge in [0.05, 0.1) is 15.5 Å². The van der Waals surface area contributed by atoms with Gasteiger partial charge in [0, 0.05) is 0 Å². The van der Waals surface area contributed by atoms with Crippen LogP contribution in [0, 0.1) is 0 Å². The molecule has 0 aliphatic heterocycles. The quantitative estimate of drug-likeness (QED) is 0.434. The van der Waals surface area contributed by atoms with Gasteiger partial charge in [-0.15, -0.1) is 7.68 Å². The van der Waals surface area contributed by atoms with Crippen molar-refractivity contribution in [3.63, 3.8) is 0 Å². The molecule has 0 N–H and O–H groups in total. The van der Waals surface area contributed by atoms with Crippen molar-refractivity contribution in [1.82, 2.24) is 0 Å². The third kappa shape index (κ3) is 12.2. The summed E-state index contributed by atoms with van der Waals surface area (Å²) in [5.74, 6) is 0. The minimum atomic E-state index is -0.703. The number of rotatable bonds is 2. The molecular formula is C6H20LiPSi2. The van der Waals surface area contributed by atoms with E-state index >= 15 is 0 Å². The molecule has 0 nitrogen and oxygen atoms in total. The Morgan fingerprint density at radius 1 is 0.800 bits per heavy atom. The van der Waals surface area contributed by atoms with Crippen molar-refractivity contribution >= 4 is 23.2 Å². The molecular weight excluding hydrogens is 166 g/mol. The van der Waals surface area contributed by atoms with Gasteiger partial charge in [0.1, 0.15) is 0 Å². The van der Waals surface area contributed by atoms with Crippen LogP contribution in [0.3, 0.4) is 0 Å². The maximum atomic E-state index is 2.48. The maximum absolute atomic E-state index is 2.48. The molecule has 0 aliphatic rings. The van der Waals surface area contributed by atoms with E-state index in [9.17, 15) is 0 Å². The summed E-state index contributed by atoms with van der Waals surface area (Å²) in [7, 11) is -0.0775. The second-order valence-corrected chi connectivity index (χ2v) is 25.9. The Labute approximate surface area is 82.7 Å². The summed E-state index contributed by atoms with van der Waals surface area (Å²) in [5.41, 5.74) is 0. The zero-order chi connectivity index (χ0) is 7.71. The van der Waals surface area contributed by atoms with Crippen molar-refractivity contribution in [1.29, 1.82) is 0 Å². The van der Waals surface area contributed by atoms with Crippen molar-refractivity contribution in [3.05, 3.63) is 0 Å². The first kappa shape index (κ1) is 14.0. The molecule has 0 aromatic heterocycles. The van der Waals surface area contributed by atoms with Gasteiger partial charge in [-0.2, -0.15) is 0 Å². The molecule has 0 atom stereocenters. The monoisotopic (exact) mass is 186 g/mol. The summed E-state index contributed by atoms with van der Waals surface area (Å²) in [6.45, 7) is 14.9. The third-order valence-electron chi connectivity index (χ3n) is 0.750. The van der Waals surface area contributed by atoms with Crippen LogP contribution in [0.1, 0.15) is 1.43 Å². The number of hydrogen-bond donors (Lipinski definition) is 0. The molecule has 0 bridgehead atoms. The molecule has 0 rings (SSSR count). The van der Waals surface area contributed by atoms with Crippen molar-refractivity contribution in [3.8, 4) is 0 Å². The average molecular weight is 186 g/mol. The van der Waals surface area contributed by atoms with E-state index in [4.69, 9.17) is 0 Å². The van der Waals surface area contributed by atoms with Gasteiger partial charge < -0.3 is 1.43 Å². The van der Waals surface area contributed by atoms with E-state index in [2.05, 4.69) is 39.3 Å². The van der Waals surface area contributed by atoms with E-state index in [1.165, 1.54) is 7.68 Å². The second-order valence-electron chi connectivity index (χ2n) is 4.62. The Bertz CT molecular complexity index is 85.7. The molecule has 58 valence electrons. The summed E-state index contributed by atoms with van der Waals surface area (Å²) >= 11 is 0. The summed E-state index contributed by atoms with van der Waals surface area (Å²) in [6, 6.07) is 0. The van der Waals surface area contributed by atoms with Crippen LogP contribution in [0.15, 0.2) is 0 Å². The van der Waals surface area contributed by atoms with Crippen LogP contribution < -0.4 is 18.9 Å². The van der Waals surface area contributed by atoms with Gasteiger partial charge in [-0.3, -0.25) is 0 Å². The van der Waals surface area contributed by atoms with Gasteiger partial charge in [0.2, 0.25) is 0 Å². The molecule has 0 heterocycles. The minimum Gasteiger partial charge on any atom is -1.00 e. The normalized spacial score (nSPS) is 12.6. The van der Waals surface area contributed by atoms with E-state index in [1.54, 1.807) is 0 Å². The van der Waals surface area contributed by atoms with Gasteiger partial charge >= 0.3 is 18.9 Å². The zero-order valence-corrected chi connectivity index (χ0v) is 11.5. The summed E-state index contributed by atoms with van der Waals surface area (Å²) in [5, 5.41) is 0. The van der Waals surface area contributed by atoms with E-state index in [-0.39, 0.29) is 20.3 Å². The molecule has 0 spiro atoms. The first-order valence-corrected chi connectivity index (χ1v) is 13.5. The summed E-state index contributed by atoms with van der Waals surface area (Å²) < 4.78 is 0. The Hall–Kier alpha value is 1.46. The average Bonchev–Trinajstić information content (AvgIpc) is 1.14. The molecule has 0 aromatic carbocycles. The van der Waals surface area contributed by atoms with Crippen molar-refractivity contribution in [2.24, 2.45) is 0 Å². The Balaban J connectivity index is -0.000000320. The van der Waals surface area contributed by atoms with Crippen molar-refractivity contribution in [2.75, 3.05) is 0 Å². The van der Waals surface area contributed by atoms with Crippen LogP contribution in [-0.4, -0.2) is 15.5 Å². The molecule has 0 saturated carbocycles. The van der Waals surface area contributed by atoms with E-state index in [0.717, 1.165) is 0 Å². The maximum Gasteiger partial charge on any atom is 1.00 e. The molecule has 0 amide bonds. The van der Waals surface area contributed by atoms with E-state index < -0.39 is 15.5 Å². The predicted octanol–water partition coefficient (Wildman–Crippen LogP) is 0.451. The SMILES string of the molecule is C[Si](C)(C)P[Si](C)(C)C.[H-].[Li+]. The molecule has 0 radical (unpaired) electrons. The molecule has 0 saturated heterocycles. The van der Waals surface area contributed by atoms with Crippen molar-refractivity contribution in [2.45, 2.75) is 39.3 Å². The van der Waals surface area contributed by atoms with E-state index in [0.29, 0.717) is 0 Å². The molecule has 0 aromatic rings. The van der Waals surface area contributed by atoms with Crippen LogP contribution in [0.2, 0.25) is 39.3 Å². The van der Waals surface area contributed by atoms with E-state index in [1.807, 2.05) is 0 Å². The van der Waals surface area contributed by atoms with Crippen LogP contribution in [0.4, 0.5) is 0 Å². The topological polar surface area (TPSA) is 0 Å². The fourth-order valence-corrected chi connectivity index (χ4v) is 30.4. The van der Waals surface area contributed by atoms with Crippen molar-refractivity contribution < 1.29 is 20.3 Å². The van der Waals surface area contributed by atoms with Gasteiger partial charge in [-0.1, -0.05) is 39.3 Å². The summed E-state index contributed by atoms with van der Waals surface area (Å²) in [4.78, 5) is 0. The predicted molar refractivity (Wildman–Crippen MR) is 56.1 cm³/mol. The Kier molecular flexibility index (Phi) is 6.27. The minimum absolute atomic E-state index is 0. The van der Waals surface area contributed by atoms with Gasteiger partial charge in [-0.05, 0) is 0 Å². The first-order chi connectivity index (χ1) is 3.71. The fourth-order valence-electron chi connectivity index (χ4n) is 1.12. The Morgan fingerprint density at radius 3 is 1.00 bits per heavy atom. The smallest absolute Gasteiger partial charge is 1.00 e. The van der Waals surface area contributed by atoms with Crippen LogP contribution in [-0.2, 0) is 0 Å². The van der Waals surface area contributed by atoms with Gasteiger partial charge in [0.25, 0.3) is 0 Å². The van der Waals surface area contributed by atoms with Crippen LogP contribution >= 0.6 is 7.68 Å². The summed E-state index contributed by atoms with van der Waals surface area (Å²) in [6.07, 6.45) is 0. The van der Waals surface area contributed by atoms with Gasteiger partial charge in [-0.25, -0.2) is 0 Å². The van der Waals surface area contributed by atoms with Crippen LogP contribution in [0.5, 0.6) is 0 Å². The molecule has 0 unspecified atom stereocenters. The van der Waals surface area contributed by atoms with Crippen LogP contribution in [0.25, 0.3) is 0 Å². The fraction of sp³-hybridized carbons (Fsp3) is 1.00. The molecule has 0 aliphatic carbocycles. The zero-order valence-electron chi connectivity index (χ0n) is 9.50.